The summed E-state index contributed by atoms with van der Waals surface area (Å²) < 4.78 is 0. The molecule has 10 heteroatoms. The molecule has 1 aromatic rings. The number of non-ortho nitro benzene ring substituents is 1. The average Bonchev–Trinajstić information content (AvgIpc) is 3.38. The highest BCUT2D eigenvalue weighted by Crippen LogP contribution is 2.61. The van der Waals surface area contributed by atoms with Gasteiger partial charge >= 0.3 is 0 Å². The van der Waals surface area contributed by atoms with Crippen LogP contribution in [0.5, 0.6) is 0 Å². The van der Waals surface area contributed by atoms with Gasteiger partial charge in [0.05, 0.1) is 35.0 Å². The lowest BCUT2D eigenvalue weighted by atomic mass is 9.71. The predicted octanol–water partition coefficient (Wildman–Crippen LogP) is -0.685. The fourth-order valence-electron chi connectivity index (χ4n) is 5.49. The summed E-state index contributed by atoms with van der Waals surface area (Å²) >= 11 is 0. The van der Waals surface area contributed by atoms with Crippen molar-refractivity contribution in [1.29, 1.82) is 0 Å². The van der Waals surface area contributed by atoms with Gasteiger partial charge in [0.1, 0.15) is 6.10 Å². The second-order valence-corrected chi connectivity index (χ2v) is 7.63. The van der Waals surface area contributed by atoms with Crippen molar-refractivity contribution in [2.24, 2.45) is 34.7 Å². The zero-order valence-corrected chi connectivity index (χ0v) is 14.4. The predicted molar refractivity (Wildman–Crippen MR) is 88.3 cm³/mol. The number of likely N-dealkylation sites (tertiary alicyclic amines) is 1. The van der Waals surface area contributed by atoms with Crippen molar-refractivity contribution in [2.45, 2.75) is 12.5 Å². The number of amides is 2. The highest BCUT2D eigenvalue weighted by molar-refractivity contribution is 6.10. The van der Waals surface area contributed by atoms with Crippen molar-refractivity contribution >= 4 is 29.2 Å². The number of rotatable bonds is 4. The number of oxime groups is 1. The number of fused-ring (bicyclic) bond motifs is 8. The Balaban J connectivity index is 1.47. The maximum absolute atomic E-state index is 12.7. The number of hydrogen-bond acceptors (Lipinski definition) is 8. The summed E-state index contributed by atoms with van der Waals surface area (Å²) in [4.78, 5) is 53.2. The molecule has 0 N–H and O–H groups in total. The minimum Gasteiger partial charge on any atom is -0.548 e. The number of benzene rings is 1. The largest absolute Gasteiger partial charge is 0.548 e. The van der Waals surface area contributed by atoms with Crippen LogP contribution in [0.1, 0.15) is 12.0 Å². The van der Waals surface area contributed by atoms with Crippen molar-refractivity contribution in [1.82, 2.24) is 4.90 Å². The van der Waals surface area contributed by atoms with Gasteiger partial charge in [-0.25, -0.2) is 0 Å². The molecule has 3 fully saturated rings. The molecule has 2 aliphatic heterocycles. The van der Waals surface area contributed by atoms with Crippen molar-refractivity contribution in [3.63, 3.8) is 0 Å². The number of nitro benzene ring substituents is 1. The maximum atomic E-state index is 12.7. The number of nitrogens with zero attached hydrogens (tertiary/aromatic N) is 3. The van der Waals surface area contributed by atoms with Crippen LogP contribution in [0.3, 0.4) is 0 Å². The molecule has 1 saturated heterocycles. The first-order valence-electron chi connectivity index (χ1n) is 8.92. The van der Waals surface area contributed by atoms with Gasteiger partial charge in [-0.15, -0.1) is 0 Å². The van der Waals surface area contributed by atoms with Crippen LogP contribution in [-0.4, -0.2) is 46.0 Å². The zero-order valence-electron chi connectivity index (χ0n) is 14.4. The molecule has 2 amide bonds. The summed E-state index contributed by atoms with van der Waals surface area (Å²) in [6, 6.07) is 6.06. The zero-order chi connectivity index (χ0) is 19.7. The van der Waals surface area contributed by atoms with Gasteiger partial charge < -0.3 is 14.7 Å². The van der Waals surface area contributed by atoms with Crippen molar-refractivity contribution < 1.29 is 29.3 Å². The first-order valence-corrected chi connectivity index (χ1v) is 8.92. The highest BCUT2D eigenvalue weighted by atomic mass is 16.6. The van der Waals surface area contributed by atoms with Gasteiger partial charge in [0.2, 0.25) is 11.8 Å². The van der Waals surface area contributed by atoms with Gasteiger partial charge in [0.25, 0.3) is 5.69 Å². The maximum Gasteiger partial charge on any atom is 0.270 e. The first-order chi connectivity index (χ1) is 13.4. The summed E-state index contributed by atoms with van der Waals surface area (Å²) in [5, 5.41) is 26.1. The van der Waals surface area contributed by atoms with Gasteiger partial charge in [0, 0.05) is 29.5 Å². The summed E-state index contributed by atoms with van der Waals surface area (Å²) in [5.74, 6) is -4.38. The molecule has 2 aliphatic carbocycles. The molecule has 28 heavy (non-hydrogen) atoms. The Bertz CT molecular complexity index is 974. The van der Waals surface area contributed by atoms with E-state index < -0.39 is 41.1 Å². The fraction of sp³-hybridized carbons (Fsp3) is 0.444. The summed E-state index contributed by atoms with van der Waals surface area (Å²) in [7, 11) is 0. The minimum atomic E-state index is -1.48. The number of carboxylic acids is 1. The molecule has 0 unspecified atom stereocenters. The third-order valence-electron chi connectivity index (χ3n) is 6.42. The van der Waals surface area contributed by atoms with E-state index in [2.05, 4.69) is 5.16 Å². The molecular weight excluding hydrogens is 370 g/mol. The van der Waals surface area contributed by atoms with Gasteiger partial charge in [-0.1, -0.05) is 17.3 Å². The van der Waals surface area contributed by atoms with Crippen LogP contribution in [0.25, 0.3) is 0 Å². The van der Waals surface area contributed by atoms with Gasteiger partial charge in [-0.2, -0.15) is 0 Å². The van der Waals surface area contributed by atoms with E-state index in [0.29, 0.717) is 17.7 Å². The van der Waals surface area contributed by atoms with E-state index in [1.165, 1.54) is 12.1 Å². The Morgan fingerprint density at radius 3 is 2.61 bits per heavy atom. The minimum absolute atomic E-state index is 0.0723. The van der Waals surface area contributed by atoms with Gasteiger partial charge in [0.15, 0.2) is 0 Å². The van der Waals surface area contributed by atoms with Crippen molar-refractivity contribution in [2.75, 3.05) is 6.54 Å². The standard InChI is InChI=1S/C18H15N3O7/c22-11(23)6-20-17(24)12-9-5-10(13(12)18(20)25)16-14(9)15(19-28-16)7-2-1-3-8(4-7)21(26)27/h1-4,9-10,12-14,16H,5-6H2,(H,22,23)/p-1/t9-,10+,12+,13-,14+,16+/m0/s1. The Hall–Kier alpha value is -3.30. The number of imide groups is 1. The van der Waals surface area contributed by atoms with E-state index in [-0.39, 0.29) is 29.5 Å². The lowest BCUT2D eigenvalue weighted by molar-refractivity contribution is -0.384. The third kappa shape index (κ3) is 2.08. The van der Waals surface area contributed by atoms with Crippen LogP contribution in [0.4, 0.5) is 5.69 Å². The third-order valence-corrected chi connectivity index (χ3v) is 6.42. The normalized spacial score (nSPS) is 34.9. The lowest BCUT2D eigenvalue weighted by Gasteiger charge is -2.29. The number of aliphatic carboxylic acids is 1. The molecule has 2 bridgehead atoms. The van der Waals surface area contributed by atoms with Crippen LogP contribution in [0, 0.1) is 39.7 Å². The van der Waals surface area contributed by atoms with E-state index in [4.69, 9.17) is 4.84 Å². The fourth-order valence-corrected chi connectivity index (χ4v) is 5.49. The summed E-state index contributed by atoms with van der Waals surface area (Å²) in [5.41, 5.74) is 1.02. The summed E-state index contributed by atoms with van der Waals surface area (Å²) in [6.45, 7) is -0.744. The van der Waals surface area contributed by atoms with Crippen LogP contribution in [0.2, 0.25) is 0 Å². The highest BCUT2D eigenvalue weighted by Gasteiger charge is 2.70. The Labute approximate surface area is 157 Å². The Morgan fingerprint density at radius 1 is 1.21 bits per heavy atom. The number of carbonyl (C=O) groups excluding carboxylic acids is 3. The summed E-state index contributed by atoms with van der Waals surface area (Å²) in [6.07, 6.45) is 0.218. The van der Waals surface area contributed by atoms with Crippen molar-refractivity contribution in [3.8, 4) is 0 Å². The Morgan fingerprint density at radius 2 is 1.93 bits per heavy atom. The number of carbonyl (C=O) groups is 3. The Kier molecular flexibility index (Phi) is 3.37. The molecule has 10 nitrogen and oxygen atoms in total. The van der Waals surface area contributed by atoms with E-state index in [0.717, 1.165) is 4.90 Å². The van der Waals surface area contributed by atoms with Gasteiger partial charge in [-0.3, -0.25) is 24.6 Å². The second-order valence-electron chi connectivity index (χ2n) is 7.63. The van der Waals surface area contributed by atoms with Crippen LogP contribution >= 0.6 is 0 Å². The molecule has 2 heterocycles. The number of hydrogen-bond donors (Lipinski definition) is 0. The second kappa shape index (κ2) is 5.60. The van der Waals surface area contributed by atoms with Gasteiger partial charge in [-0.05, 0) is 12.3 Å². The monoisotopic (exact) mass is 384 g/mol. The molecule has 1 aromatic carbocycles. The van der Waals surface area contributed by atoms with E-state index in [1.807, 2.05) is 0 Å². The quantitative estimate of drug-likeness (QED) is 0.380. The van der Waals surface area contributed by atoms with Crippen LogP contribution in [0.15, 0.2) is 29.4 Å². The average molecular weight is 384 g/mol. The van der Waals surface area contributed by atoms with E-state index in [9.17, 15) is 29.6 Å². The smallest absolute Gasteiger partial charge is 0.270 e. The molecule has 2 saturated carbocycles. The molecule has 5 rings (SSSR count). The van der Waals surface area contributed by atoms with Crippen LogP contribution < -0.4 is 5.11 Å². The molecule has 6 atom stereocenters. The molecule has 0 spiro atoms. The molecular formula is C18H14N3O7-. The first kappa shape index (κ1) is 16.8. The van der Waals surface area contributed by atoms with Crippen molar-refractivity contribution in [3.05, 3.63) is 39.9 Å². The molecule has 0 aromatic heterocycles. The SMILES string of the molecule is O=C([O-])CN1C(=O)[C@@H]2[C@@H]3C[C@@H]([C@H]4ON=C(c5cccc([N+](=O)[O-])c5)[C@@H]34)[C@@H]2C1=O. The molecule has 4 aliphatic rings. The lowest BCUT2D eigenvalue weighted by Crippen LogP contribution is -2.42. The van der Waals surface area contributed by atoms with E-state index >= 15 is 0 Å². The molecule has 144 valence electrons. The van der Waals surface area contributed by atoms with Crippen LogP contribution in [-0.2, 0) is 19.2 Å². The number of nitro groups is 1. The topological polar surface area (TPSA) is 142 Å². The molecule has 0 radical (unpaired) electrons. The van der Waals surface area contributed by atoms with E-state index in [1.54, 1.807) is 12.1 Å². The number of carboxylic acid groups (broad SMARTS) is 1.